The van der Waals surface area contributed by atoms with Gasteiger partial charge in [-0.3, -0.25) is 9.55 Å². The third kappa shape index (κ3) is 3.96. The van der Waals surface area contributed by atoms with Crippen molar-refractivity contribution in [3.05, 3.63) is 66.0 Å². The van der Waals surface area contributed by atoms with Crippen LogP contribution in [0, 0.1) is 11.6 Å². The number of methoxy groups -OCH3 is 1. The van der Waals surface area contributed by atoms with Gasteiger partial charge in [0.05, 0.1) is 42.9 Å². The van der Waals surface area contributed by atoms with Crippen LogP contribution in [-0.4, -0.2) is 31.6 Å². The summed E-state index contributed by atoms with van der Waals surface area (Å²) < 4.78 is 73.9. The Morgan fingerprint density at radius 2 is 1.77 bits per heavy atom. The summed E-state index contributed by atoms with van der Waals surface area (Å²) >= 11 is 0. The van der Waals surface area contributed by atoms with E-state index in [1.807, 2.05) is 0 Å². The van der Waals surface area contributed by atoms with E-state index in [0.717, 1.165) is 29.4 Å². The number of aromatic nitrogens is 5. The summed E-state index contributed by atoms with van der Waals surface area (Å²) in [7, 11) is 1.39. The van der Waals surface area contributed by atoms with Crippen LogP contribution < -0.4 is 10.1 Å². The summed E-state index contributed by atoms with van der Waals surface area (Å²) in [6.07, 6.45) is -0.759. The molecule has 12 heteroatoms. The van der Waals surface area contributed by atoms with E-state index in [-0.39, 0.29) is 34.8 Å². The number of imidazole rings is 1. The van der Waals surface area contributed by atoms with E-state index in [4.69, 9.17) is 4.74 Å². The van der Waals surface area contributed by atoms with Crippen LogP contribution in [-0.2, 0) is 12.7 Å². The maximum absolute atomic E-state index is 13.7. The Morgan fingerprint density at radius 1 is 1.03 bits per heavy atom. The van der Waals surface area contributed by atoms with Gasteiger partial charge in [0.15, 0.2) is 5.82 Å². The SMILES string of the molecule is COc1ccc2c(c1)nc(C(F)(F)F)n2-c1cnc(NCc2c(F)cncc2F)cn1. The van der Waals surface area contributed by atoms with Crippen molar-refractivity contribution in [2.24, 2.45) is 0 Å². The number of hydrogen-bond acceptors (Lipinski definition) is 6. The molecule has 0 fully saturated rings. The topological polar surface area (TPSA) is 77.8 Å². The lowest BCUT2D eigenvalue weighted by Crippen LogP contribution is -2.15. The summed E-state index contributed by atoms with van der Waals surface area (Å²) in [5.74, 6) is -2.52. The van der Waals surface area contributed by atoms with Crippen LogP contribution in [0.5, 0.6) is 5.75 Å². The monoisotopic (exact) mass is 436 g/mol. The summed E-state index contributed by atoms with van der Waals surface area (Å²) in [5.41, 5.74) is -0.0295. The average Bonchev–Trinajstić information content (AvgIpc) is 3.13. The van der Waals surface area contributed by atoms with Gasteiger partial charge < -0.3 is 10.1 Å². The third-order valence-electron chi connectivity index (χ3n) is 4.38. The molecule has 0 amide bonds. The molecule has 0 bridgehead atoms. The molecule has 1 aromatic carbocycles. The molecule has 0 atom stereocenters. The summed E-state index contributed by atoms with van der Waals surface area (Å²) in [6, 6.07) is 4.31. The summed E-state index contributed by atoms with van der Waals surface area (Å²) in [5, 5.41) is 2.67. The zero-order chi connectivity index (χ0) is 22.2. The molecule has 0 aliphatic rings. The first-order valence-electron chi connectivity index (χ1n) is 8.76. The first kappa shape index (κ1) is 20.4. The van der Waals surface area contributed by atoms with Crippen molar-refractivity contribution in [2.75, 3.05) is 12.4 Å². The lowest BCUT2D eigenvalue weighted by atomic mass is 10.2. The molecule has 0 aliphatic heterocycles. The highest BCUT2D eigenvalue weighted by molar-refractivity contribution is 5.79. The molecule has 0 saturated heterocycles. The Morgan fingerprint density at radius 3 is 2.39 bits per heavy atom. The van der Waals surface area contributed by atoms with Crippen molar-refractivity contribution in [1.29, 1.82) is 0 Å². The number of fused-ring (bicyclic) bond motifs is 1. The fourth-order valence-electron chi connectivity index (χ4n) is 2.92. The van der Waals surface area contributed by atoms with Crippen molar-refractivity contribution in [3.63, 3.8) is 0 Å². The van der Waals surface area contributed by atoms with Crippen LogP contribution >= 0.6 is 0 Å². The van der Waals surface area contributed by atoms with Crippen molar-refractivity contribution in [3.8, 4) is 11.6 Å². The maximum Gasteiger partial charge on any atom is 0.450 e. The van der Waals surface area contributed by atoms with Crippen LogP contribution in [0.15, 0.2) is 43.0 Å². The predicted molar refractivity (Wildman–Crippen MR) is 99.7 cm³/mol. The highest BCUT2D eigenvalue weighted by Gasteiger charge is 2.38. The smallest absolute Gasteiger partial charge is 0.450 e. The van der Waals surface area contributed by atoms with E-state index >= 15 is 0 Å². The lowest BCUT2D eigenvalue weighted by molar-refractivity contribution is -0.145. The Balaban J connectivity index is 1.67. The van der Waals surface area contributed by atoms with Crippen LogP contribution in [0.2, 0.25) is 0 Å². The summed E-state index contributed by atoms with van der Waals surface area (Å²) in [6.45, 7) is -0.254. The van der Waals surface area contributed by atoms with E-state index in [2.05, 4.69) is 25.3 Å². The molecule has 0 unspecified atom stereocenters. The second kappa shape index (κ2) is 7.78. The molecule has 3 heterocycles. The van der Waals surface area contributed by atoms with Gasteiger partial charge in [-0.2, -0.15) is 13.2 Å². The molecule has 1 N–H and O–H groups in total. The molecule has 160 valence electrons. The van der Waals surface area contributed by atoms with Gasteiger partial charge in [0.25, 0.3) is 0 Å². The predicted octanol–water partition coefficient (Wildman–Crippen LogP) is 4.13. The molecule has 7 nitrogen and oxygen atoms in total. The van der Waals surface area contributed by atoms with E-state index < -0.39 is 23.6 Å². The first-order chi connectivity index (χ1) is 14.8. The van der Waals surface area contributed by atoms with Crippen molar-refractivity contribution >= 4 is 16.9 Å². The zero-order valence-corrected chi connectivity index (χ0v) is 15.8. The minimum atomic E-state index is -4.75. The molecule has 4 rings (SSSR count). The average molecular weight is 436 g/mol. The van der Waals surface area contributed by atoms with E-state index in [9.17, 15) is 22.0 Å². The number of hydrogen-bond donors (Lipinski definition) is 1. The quantitative estimate of drug-likeness (QED) is 0.474. The molecule has 4 aromatic rings. The zero-order valence-electron chi connectivity index (χ0n) is 15.8. The van der Waals surface area contributed by atoms with Crippen molar-refractivity contribution in [1.82, 2.24) is 24.5 Å². The van der Waals surface area contributed by atoms with E-state index in [1.54, 1.807) is 0 Å². The number of alkyl halides is 3. The van der Waals surface area contributed by atoms with Gasteiger partial charge in [-0.05, 0) is 12.1 Å². The third-order valence-corrected chi connectivity index (χ3v) is 4.38. The molecule has 31 heavy (non-hydrogen) atoms. The fourth-order valence-corrected chi connectivity index (χ4v) is 2.92. The van der Waals surface area contributed by atoms with Crippen LogP contribution in [0.25, 0.3) is 16.9 Å². The lowest BCUT2D eigenvalue weighted by Gasteiger charge is -2.11. The van der Waals surface area contributed by atoms with Crippen LogP contribution in [0.3, 0.4) is 0 Å². The Hall–Kier alpha value is -3.83. The molecule has 0 saturated carbocycles. The fraction of sp³-hybridized carbons (Fsp3) is 0.158. The molecule has 3 aromatic heterocycles. The molecule has 0 spiro atoms. The van der Waals surface area contributed by atoms with Crippen LogP contribution in [0.1, 0.15) is 11.4 Å². The standard InChI is InChI=1S/C19H13F5N6O/c1-31-10-2-3-15-14(4-10)29-18(19(22,23)24)30(15)17-9-27-16(8-28-17)26-5-11-12(20)6-25-7-13(11)21/h2-4,6-9H,5H2,1H3,(H,26,27). The number of halogens is 5. The second-order valence-corrected chi connectivity index (χ2v) is 6.32. The summed E-state index contributed by atoms with van der Waals surface area (Å²) in [4.78, 5) is 15.1. The minimum absolute atomic E-state index is 0.0688. The minimum Gasteiger partial charge on any atom is -0.497 e. The second-order valence-electron chi connectivity index (χ2n) is 6.32. The van der Waals surface area contributed by atoms with Gasteiger partial charge in [-0.15, -0.1) is 0 Å². The van der Waals surface area contributed by atoms with Gasteiger partial charge in [-0.1, -0.05) is 0 Å². The number of benzene rings is 1. The number of nitrogens with zero attached hydrogens (tertiary/aromatic N) is 5. The van der Waals surface area contributed by atoms with Crippen LogP contribution in [0.4, 0.5) is 27.8 Å². The van der Waals surface area contributed by atoms with Gasteiger partial charge in [-0.25, -0.2) is 23.7 Å². The molecule has 0 aliphatic carbocycles. The van der Waals surface area contributed by atoms with Gasteiger partial charge in [0, 0.05) is 18.2 Å². The van der Waals surface area contributed by atoms with Gasteiger partial charge >= 0.3 is 6.18 Å². The number of rotatable bonds is 5. The largest absolute Gasteiger partial charge is 0.497 e. The molecular formula is C19H13F5N6O. The number of nitrogens with one attached hydrogen (secondary N) is 1. The van der Waals surface area contributed by atoms with Crippen molar-refractivity contribution < 1.29 is 26.7 Å². The van der Waals surface area contributed by atoms with Gasteiger partial charge in [0.1, 0.15) is 23.2 Å². The highest BCUT2D eigenvalue weighted by atomic mass is 19.4. The number of ether oxygens (including phenoxy) is 1. The normalized spacial score (nSPS) is 11.7. The van der Waals surface area contributed by atoms with Gasteiger partial charge in [0.2, 0.25) is 5.82 Å². The molecule has 0 radical (unpaired) electrons. The van der Waals surface area contributed by atoms with E-state index in [0.29, 0.717) is 5.75 Å². The first-order valence-corrected chi connectivity index (χ1v) is 8.76. The number of anilines is 1. The van der Waals surface area contributed by atoms with Crippen molar-refractivity contribution in [2.45, 2.75) is 12.7 Å². The Bertz CT molecular complexity index is 1220. The Kier molecular flexibility index (Phi) is 5.13. The Labute approximate surface area is 171 Å². The highest BCUT2D eigenvalue weighted by Crippen LogP contribution is 2.34. The number of pyridine rings is 1. The molecular weight excluding hydrogens is 423 g/mol. The maximum atomic E-state index is 13.7. The van der Waals surface area contributed by atoms with E-state index in [1.165, 1.54) is 25.3 Å².